The van der Waals surface area contributed by atoms with Crippen LogP contribution in [0, 0.1) is 0 Å². The van der Waals surface area contributed by atoms with Gasteiger partial charge in [-0.15, -0.1) is 0 Å². The van der Waals surface area contributed by atoms with Gasteiger partial charge in [0.2, 0.25) is 0 Å². The molecule has 1 aromatic carbocycles. The van der Waals surface area contributed by atoms with Crippen LogP contribution in [0.15, 0.2) is 22.7 Å². The molecule has 1 unspecified atom stereocenters. The molecule has 0 bridgehead atoms. The summed E-state index contributed by atoms with van der Waals surface area (Å²) in [7, 11) is 0. The fourth-order valence-corrected chi connectivity index (χ4v) is 2.14. The first kappa shape index (κ1) is 16.0. The highest BCUT2D eigenvalue weighted by atomic mass is 79.9. The molecule has 1 atom stereocenters. The van der Waals surface area contributed by atoms with Crippen LogP contribution in [-0.2, 0) is 9.53 Å². The van der Waals surface area contributed by atoms with E-state index in [1.807, 2.05) is 25.1 Å². The molecule has 4 nitrogen and oxygen atoms in total. The Morgan fingerprint density at radius 1 is 1.37 bits per heavy atom. The van der Waals surface area contributed by atoms with Crippen LogP contribution in [0.2, 0.25) is 0 Å². The van der Waals surface area contributed by atoms with Crippen molar-refractivity contribution in [3.05, 3.63) is 28.2 Å². The van der Waals surface area contributed by atoms with E-state index in [2.05, 4.69) is 15.9 Å². The lowest BCUT2D eigenvalue weighted by Crippen LogP contribution is -2.15. The third-order valence-electron chi connectivity index (χ3n) is 2.64. The number of benzene rings is 1. The summed E-state index contributed by atoms with van der Waals surface area (Å²) in [6.07, 6.45) is 0.850. The minimum atomic E-state index is -0.247. The Morgan fingerprint density at radius 2 is 2.11 bits per heavy atom. The Balaban J connectivity index is 2.71. The third-order valence-corrected chi connectivity index (χ3v) is 3.13. The molecule has 2 N–H and O–H groups in total. The fourth-order valence-electron chi connectivity index (χ4n) is 1.76. The minimum Gasteiger partial charge on any atom is -0.494 e. The molecule has 0 saturated carbocycles. The number of carbonyl (C=O) groups is 1. The molecule has 0 aliphatic heterocycles. The van der Waals surface area contributed by atoms with Crippen LogP contribution in [-0.4, -0.2) is 19.2 Å². The van der Waals surface area contributed by atoms with Gasteiger partial charge < -0.3 is 15.2 Å². The number of ether oxygens (including phenoxy) is 2. The second-order valence-corrected chi connectivity index (χ2v) is 4.98. The van der Waals surface area contributed by atoms with Crippen molar-refractivity contribution < 1.29 is 14.3 Å². The zero-order valence-corrected chi connectivity index (χ0v) is 12.9. The summed E-state index contributed by atoms with van der Waals surface area (Å²) in [5.74, 6) is 0.549. The van der Waals surface area contributed by atoms with Crippen molar-refractivity contribution in [2.75, 3.05) is 13.2 Å². The van der Waals surface area contributed by atoms with E-state index in [1.165, 1.54) is 0 Å². The predicted octanol–water partition coefficient (Wildman–Crippen LogP) is 3.19. The fraction of sp³-hybridized carbons (Fsp3) is 0.500. The monoisotopic (exact) mass is 329 g/mol. The van der Waals surface area contributed by atoms with Gasteiger partial charge in [-0.05, 0) is 38.5 Å². The first-order chi connectivity index (χ1) is 9.08. The average molecular weight is 330 g/mol. The van der Waals surface area contributed by atoms with Crippen LogP contribution in [0.3, 0.4) is 0 Å². The number of hydrogen-bond acceptors (Lipinski definition) is 4. The summed E-state index contributed by atoms with van der Waals surface area (Å²) in [6, 6.07) is 5.48. The molecule has 5 heteroatoms. The van der Waals surface area contributed by atoms with Gasteiger partial charge in [-0.3, -0.25) is 4.79 Å². The molecule has 1 aromatic rings. The van der Waals surface area contributed by atoms with Crippen molar-refractivity contribution in [3.8, 4) is 5.75 Å². The van der Waals surface area contributed by atoms with Crippen molar-refractivity contribution in [3.63, 3.8) is 0 Å². The van der Waals surface area contributed by atoms with Gasteiger partial charge in [0, 0.05) is 22.5 Å². The van der Waals surface area contributed by atoms with Crippen LogP contribution in [0.4, 0.5) is 0 Å². The minimum absolute atomic E-state index is 0.217. The lowest BCUT2D eigenvalue weighted by atomic mass is 10.0. The number of carbonyl (C=O) groups excluding carboxylic acids is 1. The molecule has 0 spiro atoms. The standard InChI is InChI=1S/C14H20BrNO3/c1-3-18-13-7-5-10(15)9-11(13)12(16)6-8-14(17)19-4-2/h5,7,9,12H,3-4,6,8,16H2,1-2H3. The van der Waals surface area contributed by atoms with Crippen LogP contribution in [0.5, 0.6) is 5.75 Å². The number of nitrogens with two attached hydrogens (primary N) is 1. The van der Waals surface area contributed by atoms with Gasteiger partial charge in [-0.1, -0.05) is 15.9 Å². The molecule has 0 aliphatic carbocycles. The van der Waals surface area contributed by atoms with Crippen molar-refractivity contribution >= 4 is 21.9 Å². The molecule has 0 radical (unpaired) electrons. The van der Waals surface area contributed by atoms with Crippen LogP contribution < -0.4 is 10.5 Å². The zero-order chi connectivity index (χ0) is 14.3. The second-order valence-electron chi connectivity index (χ2n) is 4.07. The van der Waals surface area contributed by atoms with Crippen LogP contribution in [0.25, 0.3) is 0 Å². The van der Waals surface area contributed by atoms with Crippen molar-refractivity contribution in [2.24, 2.45) is 5.73 Å². The summed E-state index contributed by atoms with van der Waals surface area (Å²) in [5.41, 5.74) is 7.03. The summed E-state index contributed by atoms with van der Waals surface area (Å²) >= 11 is 3.42. The number of esters is 1. The maximum absolute atomic E-state index is 11.3. The largest absolute Gasteiger partial charge is 0.494 e. The lowest BCUT2D eigenvalue weighted by molar-refractivity contribution is -0.143. The van der Waals surface area contributed by atoms with Crippen LogP contribution >= 0.6 is 15.9 Å². The Labute approximate surface area is 122 Å². The Kier molecular flexibility index (Phi) is 6.87. The summed E-state index contributed by atoms with van der Waals surface area (Å²) in [6.45, 7) is 4.70. The molecule has 1 rings (SSSR count). The third kappa shape index (κ3) is 5.20. The first-order valence-corrected chi connectivity index (χ1v) is 7.21. The van der Waals surface area contributed by atoms with E-state index in [0.29, 0.717) is 26.1 Å². The molecular formula is C14H20BrNO3. The van der Waals surface area contributed by atoms with E-state index in [9.17, 15) is 4.79 Å². The van der Waals surface area contributed by atoms with Crippen molar-refractivity contribution in [1.29, 1.82) is 0 Å². The molecule has 0 aliphatic rings. The lowest BCUT2D eigenvalue weighted by Gasteiger charge is -2.16. The number of rotatable bonds is 7. The zero-order valence-electron chi connectivity index (χ0n) is 11.3. The van der Waals surface area contributed by atoms with E-state index in [0.717, 1.165) is 15.8 Å². The van der Waals surface area contributed by atoms with Gasteiger partial charge in [0.25, 0.3) is 0 Å². The Morgan fingerprint density at radius 3 is 2.74 bits per heavy atom. The summed E-state index contributed by atoms with van der Waals surface area (Å²) in [5, 5.41) is 0. The van der Waals surface area contributed by atoms with E-state index in [1.54, 1.807) is 6.92 Å². The average Bonchev–Trinajstić information content (AvgIpc) is 2.38. The van der Waals surface area contributed by atoms with Gasteiger partial charge in [0.15, 0.2) is 0 Å². The van der Waals surface area contributed by atoms with Gasteiger partial charge in [0.1, 0.15) is 5.75 Å². The molecule has 0 saturated heterocycles. The van der Waals surface area contributed by atoms with Gasteiger partial charge in [-0.2, -0.15) is 0 Å². The summed E-state index contributed by atoms with van der Waals surface area (Å²) < 4.78 is 11.4. The van der Waals surface area contributed by atoms with E-state index in [4.69, 9.17) is 15.2 Å². The maximum atomic E-state index is 11.3. The van der Waals surface area contributed by atoms with Gasteiger partial charge in [0.05, 0.1) is 13.2 Å². The van der Waals surface area contributed by atoms with E-state index < -0.39 is 0 Å². The normalized spacial score (nSPS) is 12.0. The van der Waals surface area contributed by atoms with Crippen LogP contribution in [0.1, 0.15) is 38.3 Å². The Bertz CT molecular complexity index is 423. The molecule has 0 heterocycles. The Hall–Kier alpha value is -1.07. The second kappa shape index (κ2) is 8.17. The molecule has 106 valence electrons. The molecule has 0 fully saturated rings. The van der Waals surface area contributed by atoms with E-state index in [-0.39, 0.29) is 12.0 Å². The molecule has 19 heavy (non-hydrogen) atoms. The number of hydrogen-bond donors (Lipinski definition) is 1. The van der Waals surface area contributed by atoms with Gasteiger partial charge in [-0.25, -0.2) is 0 Å². The highest BCUT2D eigenvalue weighted by Crippen LogP contribution is 2.29. The topological polar surface area (TPSA) is 61.5 Å². The van der Waals surface area contributed by atoms with E-state index >= 15 is 0 Å². The number of halogens is 1. The SMILES string of the molecule is CCOC(=O)CCC(N)c1cc(Br)ccc1OCC. The smallest absolute Gasteiger partial charge is 0.305 e. The highest BCUT2D eigenvalue weighted by Gasteiger charge is 2.15. The summed E-state index contributed by atoms with van der Waals surface area (Å²) in [4.78, 5) is 11.3. The first-order valence-electron chi connectivity index (χ1n) is 6.41. The quantitative estimate of drug-likeness (QED) is 0.780. The van der Waals surface area contributed by atoms with Gasteiger partial charge >= 0.3 is 5.97 Å². The van der Waals surface area contributed by atoms with Crippen molar-refractivity contribution in [1.82, 2.24) is 0 Å². The molecule has 0 amide bonds. The molecular weight excluding hydrogens is 310 g/mol. The highest BCUT2D eigenvalue weighted by molar-refractivity contribution is 9.10. The maximum Gasteiger partial charge on any atom is 0.305 e. The molecule has 0 aromatic heterocycles. The van der Waals surface area contributed by atoms with Crippen molar-refractivity contribution in [2.45, 2.75) is 32.7 Å². The predicted molar refractivity (Wildman–Crippen MR) is 78.1 cm³/mol.